The van der Waals surface area contributed by atoms with Crippen molar-refractivity contribution in [2.24, 2.45) is 0 Å². The standard InChI is InChI=1S/C23H22IN5O/c24-17-4-3-5-18(13-17)27-8-10-28(11-9-27)21-14-19-12-16(15-29(19)26-23(21)25)20-6-1-2-7-22(20)30/h1-7,12-15,30H,8-11H2,(H2,25,26). The number of halogens is 1. The van der Waals surface area contributed by atoms with E-state index in [1.165, 1.54) is 9.26 Å². The summed E-state index contributed by atoms with van der Waals surface area (Å²) in [5, 5.41) is 14.7. The second-order valence-corrected chi connectivity index (χ2v) is 8.73. The van der Waals surface area contributed by atoms with Gasteiger partial charge < -0.3 is 20.6 Å². The minimum atomic E-state index is 0.258. The van der Waals surface area contributed by atoms with Crippen molar-refractivity contribution in [3.63, 3.8) is 0 Å². The van der Waals surface area contributed by atoms with E-state index in [9.17, 15) is 5.11 Å². The number of aromatic nitrogens is 2. The number of piperazine rings is 1. The molecule has 6 nitrogen and oxygen atoms in total. The van der Waals surface area contributed by atoms with E-state index in [2.05, 4.69) is 67.8 Å². The first-order valence-corrected chi connectivity index (χ1v) is 11.0. The smallest absolute Gasteiger partial charge is 0.168 e. The van der Waals surface area contributed by atoms with Crippen LogP contribution in [0.3, 0.4) is 0 Å². The molecule has 2 aromatic heterocycles. The molecule has 0 saturated carbocycles. The highest BCUT2D eigenvalue weighted by molar-refractivity contribution is 14.1. The molecule has 3 heterocycles. The van der Waals surface area contributed by atoms with Gasteiger partial charge in [0.05, 0.1) is 11.2 Å². The molecule has 0 aliphatic carbocycles. The van der Waals surface area contributed by atoms with Crippen LogP contribution in [0.25, 0.3) is 16.6 Å². The Morgan fingerprint density at radius 1 is 0.900 bits per heavy atom. The first kappa shape index (κ1) is 19.0. The van der Waals surface area contributed by atoms with Crippen molar-refractivity contribution in [3.05, 3.63) is 70.4 Å². The van der Waals surface area contributed by atoms with Gasteiger partial charge in [0.2, 0.25) is 0 Å². The molecule has 0 unspecified atom stereocenters. The van der Waals surface area contributed by atoms with Gasteiger partial charge in [-0.1, -0.05) is 24.3 Å². The Hall–Kier alpha value is -2.94. The van der Waals surface area contributed by atoms with Crippen molar-refractivity contribution >= 4 is 45.3 Å². The molecule has 152 valence electrons. The summed E-state index contributed by atoms with van der Waals surface area (Å²) in [4.78, 5) is 4.72. The molecule has 30 heavy (non-hydrogen) atoms. The molecular formula is C23H22IN5O. The van der Waals surface area contributed by atoms with Gasteiger partial charge in [-0.2, -0.15) is 0 Å². The monoisotopic (exact) mass is 511 g/mol. The molecule has 4 aromatic rings. The number of aromatic hydroxyl groups is 1. The van der Waals surface area contributed by atoms with Crippen molar-refractivity contribution in [2.45, 2.75) is 0 Å². The maximum absolute atomic E-state index is 10.2. The average Bonchev–Trinajstić information content (AvgIpc) is 3.16. The predicted octanol–water partition coefficient (Wildman–Crippen LogP) is 4.22. The third-order valence-electron chi connectivity index (χ3n) is 5.60. The molecule has 1 aliphatic rings. The lowest BCUT2D eigenvalue weighted by Gasteiger charge is -2.37. The highest BCUT2D eigenvalue weighted by Crippen LogP contribution is 2.32. The quantitative estimate of drug-likeness (QED) is 0.404. The number of nitrogens with zero attached hydrogens (tertiary/aromatic N) is 4. The van der Waals surface area contributed by atoms with Gasteiger partial charge >= 0.3 is 0 Å². The Morgan fingerprint density at radius 3 is 2.43 bits per heavy atom. The van der Waals surface area contributed by atoms with Gasteiger partial charge in [0.15, 0.2) is 5.82 Å². The number of anilines is 3. The molecule has 1 saturated heterocycles. The largest absolute Gasteiger partial charge is 0.507 e. The van der Waals surface area contributed by atoms with Crippen molar-refractivity contribution < 1.29 is 5.11 Å². The molecular weight excluding hydrogens is 489 g/mol. The van der Waals surface area contributed by atoms with Crippen molar-refractivity contribution in [2.75, 3.05) is 41.7 Å². The fourth-order valence-electron chi connectivity index (χ4n) is 4.04. The minimum Gasteiger partial charge on any atom is -0.507 e. The van der Waals surface area contributed by atoms with Crippen LogP contribution in [-0.4, -0.2) is 40.9 Å². The molecule has 3 N–H and O–H groups in total. The molecule has 1 fully saturated rings. The second-order valence-electron chi connectivity index (χ2n) is 7.48. The fraction of sp³-hybridized carbons (Fsp3) is 0.174. The first-order valence-electron chi connectivity index (χ1n) is 9.91. The van der Waals surface area contributed by atoms with Crippen molar-refractivity contribution in [1.82, 2.24) is 9.61 Å². The summed E-state index contributed by atoms with van der Waals surface area (Å²) < 4.78 is 3.03. The number of para-hydroxylation sites is 1. The molecule has 0 spiro atoms. The fourth-order valence-corrected chi connectivity index (χ4v) is 4.57. The summed E-state index contributed by atoms with van der Waals surface area (Å²) in [6, 6.07) is 20.1. The van der Waals surface area contributed by atoms with Crippen LogP contribution in [0, 0.1) is 3.57 Å². The lowest BCUT2D eigenvalue weighted by atomic mass is 10.1. The third-order valence-corrected chi connectivity index (χ3v) is 6.27. The summed E-state index contributed by atoms with van der Waals surface area (Å²) in [7, 11) is 0. The average molecular weight is 511 g/mol. The Morgan fingerprint density at radius 2 is 1.67 bits per heavy atom. The Kier molecular flexibility index (Phi) is 4.90. The molecule has 0 radical (unpaired) electrons. The number of fused-ring (bicyclic) bond motifs is 1. The normalized spacial score (nSPS) is 14.4. The predicted molar refractivity (Wildman–Crippen MR) is 130 cm³/mol. The zero-order chi connectivity index (χ0) is 20.7. The highest BCUT2D eigenvalue weighted by atomic mass is 127. The lowest BCUT2D eigenvalue weighted by Crippen LogP contribution is -2.46. The van der Waals surface area contributed by atoms with Gasteiger partial charge in [-0.05, 0) is 59.0 Å². The maximum atomic E-state index is 10.2. The van der Waals surface area contributed by atoms with Crippen molar-refractivity contribution in [3.8, 4) is 16.9 Å². The van der Waals surface area contributed by atoms with Crippen LogP contribution in [0.2, 0.25) is 0 Å². The van der Waals surface area contributed by atoms with E-state index >= 15 is 0 Å². The van der Waals surface area contributed by atoms with E-state index in [0.717, 1.165) is 48.5 Å². The van der Waals surface area contributed by atoms with Gasteiger partial charge in [0.1, 0.15) is 5.75 Å². The van der Waals surface area contributed by atoms with E-state index in [1.807, 2.05) is 30.5 Å². The van der Waals surface area contributed by atoms with Gasteiger partial charge in [-0.3, -0.25) is 0 Å². The Labute approximate surface area is 188 Å². The molecule has 0 atom stereocenters. The summed E-state index contributed by atoms with van der Waals surface area (Å²) in [5.74, 6) is 0.776. The molecule has 7 heteroatoms. The van der Waals surface area contributed by atoms with Gasteiger partial charge in [0, 0.05) is 52.8 Å². The molecule has 5 rings (SSSR count). The SMILES string of the molecule is Nc1nn2cc(-c3ccccc3O)cc2cc1N1CCN(c2cccc(I)c2)CC1. The number of phenols is 1. The number of nitrogens with two attached hydrogens (primary N) is 1. The molecule has 2 aromatic carbocycles. The summed E-state index contributed by atoms with van der Waals surface area (Å²) in [6.07, 6.45) is 1.90. The number of phenolic OH excluding ortho intramolecular Hbond substituents is 1. The second kappa shape index (κ2) is 7.71. The van der Waals surface area contributed by atoms with E-state index in [1.54, 1.807) is 10.6 Å². The third kappa shape index (κ3) is 3.54. The zero-order valence-electron chi connectivity index (χ0n) is 16.4. The Balaban J connectivity index is 1.40. The van der Waals surface area contributed by atoms with Crippen molar-refractivity contribution in [1.29, 1.82) is 0 Å². The van der Waals surface area contributed by atoms with Gasteiger partial charge in [0.25, 0.3) is 0 Å². The Bertz CT molecular complexity index is 1210. The van der Waals surface area contributed by atoms with Crippen LogP contribution < -0.4 is 15.5 Å². The summed E-state index contributed by atoms with van der Waals surface area (Å²) in [6.45, 7) is 3.66. The maximum Gasteiger partial charge on any atom is 0.168 e. The van der Waals surface area contributed by atoms with Gasteiger partial charge in [-0.25, -0.2) is 4.52 Å². The number of rotatable bonds is 3. The lowest BCUT2D eigenvalue weighted by molar-refractivity contribution is 0.477. The first-order chi connectivity index (χ1) is 14.6. The van der Waals surface area contributed by atoms with E-state index in [0.29, 0.717) is 5.82 Å². The van der Waals surface area contributed by atoms with Crippen LogP contribution in [0.5, 0.6) is 5.75 Å². The molecule has 0 amide bonds. The zero-order valence-corrected chi connectivity index (χ0v) is 18.5. The highest BCUT2D eigenvalue weighted by Gasteiger charge is 2.21. The van der Waals surface area contributed by atoms with E-state index < -0.39 is 0 Å². The summed E-state index contributed by atoms with van der Waals surface area (Å²) in [5.41, 5.74) is 11.2. The summed E-state index contributed by atoms with van der Waals surface area (Å²) >= 11 is 2.36. The number of nitrogen functional groups attached to an aromatic ring is 1. The number of benzene rings is 2. The van der Waals surface area contributed by atoms with E-state index in [-0.39, 0.29) is 5.75 Å². The molecule has 1 aliphatic heterocycles. The van der Waals surface area contributed by atoms with E-state index in [4.69, 9.17) is 5.73 Å². The minimum absolute atomic E-state index is 0.258. The van der Waals surface area contributed by atoms with Crippen LogP contribution >= 0.6 is 22.6 Å². The van der Waals surface area contributed by atoms with Crippen LogP contribution in [-0.2, 0) is 0 Å². The van der Waals surface area contributed by atoms with Crippen LogP contribution in [0.15, 0.2) is 66.9 Å². The number of hydrogen-bond acceptors (Lipinski definition) is 5. The van der Waals surface area contributed by atoms with Gasteiger partial charge in [-0.15, -0.1) is 5.10 Å². The topological polar surface area (TPSA) is 70.0 Å². The number of hydrogen-bond donors (Lipinski definition) is 2. The molecule has 0 bridgehead atoms. The van der Waals surface area contributed by atoms with Crippen LogP contribution in [0.4, 0.5) is 17.2 Å². The van der Waals surface area contributed by atoms with Crippen LogP contribution in [0.1, 0.15) is 0 Å².